The third-order valence-corrected chi connectivity index (χ3v) is 5.21. The summed E-state index contributed by atoms with van der Waals surface area (Å²) in [4.78, 5) is 6.26. The van der Waals surface area contributed by atoms with Crippen LogP contribution in [0, 0.1) is 0 Å². The van der Waals surface area contributed by atoms with Crippen molar-refractivity contribution in [1.82, 2.24) is 10.3 Å². The Kier molecular flexibility index (Phi) is 6.46. The average Bonchev–Trinajstić information content (AvgIpc) is 2.64. The van der Waals surface area contributed by atoms with Crippen molar-refractivity contribution in [3.8, 4) is 0 Å². The minimum absolute atomic E-state index is 0.508. The van der Waals surface area contributed by atoms with E-state index in [2.05, 4.69) is 19.2 Å². The van der Waals surface area contributed by atoms with E-state index in [1.807, 2.05) is 11.3 Å². The lowest BCUT2D eigenvalue weighted by Crippen LogP contribution is -2.21. The number of nitrogens with one attached hydrogen (secondary N) is 1. The first-order valence-corrected chi connectivity index (χ1v) is 8.73. The lowest BCUT2D eigenvalue weighted by atomic mass is 10.0. The first kappa shape index (κ1) is 15.9. The molecule has 0 atom stereocenters. The average molecular weight is 296 g/mol. The molecule has 1 heterocycles. The van der Waals surface area contributed by atoms with Crippen LogP contribution in [0.3, 0.4) is 0 Å². The molecule has 1 aromatic heterocycles. The standard InChI is InChI=1S/C16H28N2OS/c1-12(2)17-10-15-14(11-19-3)18-16(20-15)13-8-6-4-5-7-9-13/h12-13,17H,4-11H2,1-3H3. The monoisotopic (exact) mass is 296 g/mol. The number of nitrogens with zero attached hydrogens (tertiary/aromatic N) is 1. The van der Waals surface area contributed by atoms with Crippen molar-refractivity contribution in [1.29, 1.82) is 0 Å². The summed E-state index contributed by atoms with van der Waals surface area (Å²) in [7, 11) is 1.75. The highest BCUT2D eigenvalue weighted by atomic mass is 32.1. The van der Waals surface area contributed by atoms with Gasteiger partial charge in [-0.25, -0.2) is 4.98 Å². The quantitative estimate of drug-likeness (QED) is 0.798. The van der Waals surface area contributed by atoms with E-state index in [-0.39, 0.29) is 0 Å². The van der Waals surface area contributed by atoms with Gasteiger partial charge in [-0.05, 0) is 12.8 Å². The molecule has 1 N–H and O–H groups in total. The lowest BCUT2D eigenvalue weighted by Gasteiger charge is -2.09. The first-order chi connectivity index (χ1) is 9.70. The first-order valence-electron chi connectivity index (χ1n) is 7.91. The number of hydrogen-bond donors (Lipinski definition) is 1. The minimum atomic E-state index is 0.508. The van der Waals surface area contributed by atoms with Crippen molar-refractivity contribution in [2.45, 2.75) is 77.5 Å². The molecule has 0 saturated heterocycles. The van der Waals surface area contributed by atoms with Crippen LogP contribution >= 0.6 is 11.3 Å². The summed E-state index contributed by atoms with van der Waals surface area (Å²) in [5.41, 5.74) is 1.14. The van der Waals surface area contributed by atoms with Crippen LogP contribution in [0.2, 0.25) is 0 Å². The Morgan fingerprint density at radius 2 is 1.95 bits per heavy atom. The largest absolute Gasteiger partial charge is 0.378 e. The molecule has 20 heavy (non-hydrogen) atoms. The van der Waals surface area contributed by atoms with Crippen LogP contribution in [0.4, 0.5) is 0 Å². The van der Waals surface area contributed by atoms with E-state index in [9.17, 15) is 0 Å². The van der Waals surface area contributed by atoms with Crippen molar-refractivity contribution in [2.75, 3.05) is 7.11 Å². The van der Waals surface area contributed by atoms with E-state index in [1.54, 1.807) is 7.11 Å². The topological polar surface area (TPSA) is 34.1 Å². The molecule has 1 aliphatic carbocycles. The molecule has 0 amide bonds. The van der Waals surface area contributed by atoms with Gasteiger partial charge in [0, 0.05) is 30.5 Å². The Morgan fingerprint density at radius 1 is 1.25 bits per heavy atom. The molecule has 1 fully saturated rings. The van der Waals surface area contributed by atoms with Gasteiger partial charge < -0.3 is 10.1 Å². The van der Waals surface area contributed by atoms with E-state index in [4.69, 9.17) is 9.72 Å². The van der Waals surface area contributed by atoms with Crippen molar-refractivity contribution >= 4 is 11.3 Å². The van der Waals surface area contributed by atoms with E-state index in [1.165, 1.54) is 48.4 Å². The Morgan fingerprint density at radius 3 is 2.55 bits per heavy atom. The van der Waals surface area contributed by atoms with Crippen LogP contribution in [0.1, 0.15) is 73.9 Å². The van der Waals surface area contributed by atoms with Gasteiger partial charge in [0.2, 0.25) is 0 Å². The molecule has 114 valence electrons. The molecule has 1 aromatic rings. The van der Waals surface area contributed by atoms with E-state index in [0.717, 1.165) is 12.2 Å². The summed E-state index contributed by atoms with van der Waals surface area (Å²) in [5.74, 6) is 0.686. The second-order valence-corrected chi connectivity index (χ2v) is 7.19. The third-order valence-electron chi connectivity index (χ3n) is 3.95. The van der Waals surface area contributed by atoms with Gasteiger partial charge in [0.05, 0.1) is 17.3 Å². The molecular formula is C16H28N2OS. The zero-order valence-electron chi connectivity index (χ0n) is 13.1. The summed E-state index contributed by atoms with van der Waals surface area (Å²) in [6.07, 6.45) is 8.16. The van der Waals surface area contributed by atoms with E-state index in [0.29, 0.717) is 18.6 Å². The fourth-order valence-electron chi connectivity index (χ4n) is 2.79. The van der Waals surface area contributed by atoms with Gasteiger partial charge >= 0.3 is 0 Å². The summed E-state index contributed by atoms with van der Waals surface area (Å²) in [5, 5.41) is 4.85. The normalized spacial score (nSPS) is 17.6. The van der Waals surface area contributed by atoms with Crippen molar-refractivity contribution in [3.63, 3.8) is 0 Å². The molecule has 1 aliphatic rings. The van der Waals surface area contributed by atoms with Gasteiger partial charge in [-0.1, -0.05) is 39.5 Å². The minimum Gasteiger partial charge on any atom is -0.378 e. The Bertz CT molecular complexity index is 395. The number of hydrogen-bond acceptors (Lipinski definition) is 4. The summed E-state index contributed by atoms with van der Waals surface area (Å²) in [6, 6.07) is 0.508. The highest BCUT2D eigenvalue weighted by Gasteiger charge is 2.20. The van der Waals surface area contributed by atoms with Crippen molar-refractivity contribution in [3.05, 3.63) is 15.6 Å². The fraction of sp³-hybridized carbons (Fsp3) is 0.812. The molecule has 1 saturated carbocycles. The number of rotatable bonds is 6. The number of methoxy groups -OCH3 is 1. The molecule has 2 rings (SSSR count). The van der Waals surface area contributed by atoms with Crippen molar-refractivity contribution < 1.29 is 4.74 Å². The van der Waals surface area contributed by atoms with E-state index >= 15 is 0 Å². The van der Waals surface area contributed by atoms with Crippen LogP contribution in [0.25, 0.3) is 0 Å². The maximum Gasteiger partial charge on any atom is 0.0963 e. The number of ether oxygens (including phenoxy) is 1. The van der Waals surface area contributed by atoms with Gasteiger partial charge in [0.1, 0.15) is 0 Å². The van der Waals surface area contributed by atoms with Gasteiger partial charge in [-0.15, -0.1) is 11.3 Å². The highest BCUT2D eigenvalue weighted by Crippen LogP contribution is 2.35. The highest BCUT2D eigenvalue weighted by molar-refractivity contribution is 7.11. The molecule has 0 radical (unpaired) electrons. The second kappa shape index (κ2) is 8.11. The zero-order chi connectivity index (χ0) is 14.4. The smallest absolute Gasteiger partial charge is 0.0963 e. The Balaban J connectivity index is 2.09. The molecule has 3 nitrogen and oxygen atoms in total. The molecule has 4 heteroatoms. The summed E-state index contributed by atoms with van der Waals surface area (Å²) >= 11 is 1.90. The van der Waals surface area contributed by atoms with Crippen LogP contribution in [-0.4, -0.2) is 18.1 Å². The van der Waals surface area contributed by atoms with E-state index < -0.39 is 0 Å². The van der Waals surface area contributed by atoms with Gasteiger partial charge in [0.25, 0.3) is 0 Å². The molecule has 0 aromatic carbocycles. The third kappa shape index (κ3) is 4.54. The predicted molar refractivity (Wildman–Crippen MR) is 85.2 cm³/mol. The summed E-state index contributed by atoms with van der Waals surface area (Å²) in [6.45, 7) is 5.92. The second-order valence-electron chi connectivity index (χ2n) is 6.08. The summed E-state index contributed by atoms with van der Waals surface area (Å²) < 4.78 is 5.32. The Hall–Kier alpha value is -0.450. The van der Waals surface area contributed by atoms with Gasteiger partial charge in [-0.2, -0.15) is 0 Å². The number of thiazole rings is 1. The van der Waals surface area contributed by atoms with Gasteiger partial charge in [-0.3, -0.25) is 0 Å². The predicted octanol–water partition coefficient (Wildman–Crippen LogP) is 4.23. The molecule has 0 bridgehead atoms. The Labute approximate surface area is 127 Å². The van der Waals surface area contributed by atoms with Crippen LogP contribution in [0.15, 0.2) is 0 Å². The molecule has 0 spiro atoms. The van der Waals surface area contributed by atoms with Crippen LogP contribution in [0.5, 0.6) is 0 Å². The van der Waals surface area contributed by atoms with Crippen molar-refractivity contribution in [2.24, 2.45) is 0 Å². The van der Waals surface area contributed by atoms with Gasteiger partial charge in [0.15, 0.2) is 0 Å². The lowest BCUT2D eigenvalue weighted by molar-refractivity contribution is 0.181. The maximum absolute atomic E-state index is 5.32. The SMILES string of the molecule is COCc1nc(C2CCCCCC2)sc1CNC(C)C. The maximum atomic E-state index is 5.32. The molecule has 0 unspecified atom stereocenters. The number of aromatic nitrogens is 1. The molecule has 0 aliphatic heterocycles. The fourth-order valence-corrected chi connectivity index (χ4v) is 3.98. The molecular weight excluding hydrogens is 268 g/mol. The van der Waals surface area contributed by atoms with Crippen LogP contribution in [-0.2, 0) is 17.9 Å². The van der Waals surface area contributed by atoms with Crippen LogP contribution < -0.4 is 5.32 Å². The zero-order valence-corrected chi connectivity index (χ0v) is 13.9.